The number of amides is 2. The quantitative estimate of drug-likeness (QED) is 0.557. The molecule has 2 saturated carbocycles. The monoisotopic (exact) mass is 448 g/mol. The maximum atomic E-state index is 12.5. The van der Waals surface area contributed by atoms with E-state index in [1.807, 2.05) is 0 Å². The Morgan fingerprint density at radius 1 is 1.32 bits per heavy atom. The molecule has 2 aliphatic carbocycles. The minimum Gasteiger partial charge on any atom is -0.484 e. The number of nitrogens with one attached hydrogen (secondary N) is 2. The van der Waals surface area contributed by atoms with Gasteiger partial charge in [0.1, 0.15) is 22.4 Å². The number of rotatable bonds is 7. The molecule has 1 aromatic carbocycles. The molecular formula is C22H25ClN2O6. The topological polar surface area (TPSA) is 118 Å². The van der Waals surface area contributed by atoms with Gasteiger partial charge in [0.15, 0.2) is 6.61 Å². The minimum absolute atomic E-state index is 0.0271. The number of carbonyl (C=O) groups is 2. The molecule has 2 bridgehead atoms. The Bertz CT molecular complexity index is 1070. The number of aliphatic hydroxyl groups excluding tert-OH is 1. The van der Waals surface area contributed by atoms with E-state index in [1.165, 1.54) is 12.5 Å². The van der Waals surface area contributed by atoms with Gasteiger partial charge in [-0.2, -0.15) is 0 Å². The van der Waals surface area contributed by atoms with E-state index in [1.54, 1.807) is 19.1 Å². The van der Waals surface area contributed by atoms with Crippen LogP contribution < -0.4 is 21.0 Å². The third-order valence-electron chi connectivity index (χ3n) is 6.34. The number of aryl methyl sites for hydroxylation is 1. The fourth-order valence-electron chi connectivity index (χ4n) is 4.69. The van der Waals surface area contributed by atoms with Crippen LogP contribution in [-0.4, -0.2) is 42.2 Å². The molecule has 8 nitrogen and oxygen atoms in total. The predicted octanol–water partition coefficient (Wildman–Crippen LogP) is 1.92. The third-order valence-corrected chi connectivity index (χ3v) is 6.78. The van der Waals surface area contributed by atoms with Crippen molar-refractivity contribution in [2.24, 2.45) is 11.8 Å². The molecule has 0 spiro atoms. The summed E-state index contributed by atoms with van der Waals surface area (Å²) in [5.74, 6) is 0.569. The van der Waals surface area contributed by atoms with Crippen LogP contribution in [0.2, 0.25) is 5.02 Å². The molecule has 2 amide bonds. The molecule has 4 atom stereocenters. The highest BCUT2D eigenvalue weighted by molar-refractivity contribution is 6.31. The average molecular weight is 449 g/mol. The summed E-state index contributed by atoms with van der Waals surface area (Å²) in [5.41, 5.74) is 0.252. The van der Waals surface area contributed by atoms with E-state index in [4.69, 9.17) is 20.8 Å². The number of fused-ring (bicyclic) bond motifs is 3. The summed E-state index contributed by atoms with van der Waals surface area (Å²) in [5, 5.41) is 15.7. The molecule has 166 valence electrons. The lowest BCUT2D eigenvalue weighted by atomic mass is 9.95. The Hall–Kier alpha value is -2.58. The molecule has 2 aromatic rings. The van der Waals surface area contributed by atoms with Gasteiger partial charge in [-0.1, -0.05) is 18.0 Å². The predicted molar refractivity (Wildman–Crippen MR) is 114 cm³/mol. The number of ether oxygens (including phenoxy) is 1. The molecule has 2 aliphatic rings. The van der Waals surface area contributed by atoms with Gasteiger partial charge in [0.05, 0.1) is 6.61 Å². The van der Waals surface area contributed by atoms with E-state index in [0.717, 1.165) is 19.3 Å². The van der Waals surface area contributed by atoms with E-state index in [0.29, 0.717) is 34.1 Å². The van der Waals surface area contributed by atoms with Crippen molar-refractivity contribution in [3.8, 4) is 5.75 Å². The third kappa shape index (κ3) is 4.55. The molecule has 2 fully saturated rings. The van der Waals surface area contributed by atoms with Crippen LogP contribution in [0.5, 0.6) is 5.75 Å². The summed E-state index contributed by atoms with van der Waals surface area (Å²) in [4.78, 5) is 36.5. The van der Waals surface area contributed by atoms with Crippen LogP contribution >= 0.6 is 11.6 Å². The zero-order chi connectivity index (χ0) is 22.1. The van der Waals surface area contributed by atoms with E-state index >= 15 is 0 Å². The van der Waals surface area contributed by atoms with E-state index in [-0.39, 0.29) is 23.6 Å². The number of carbonyl (C=O) groups excluding carboxylic acids is 2. The first-order valence-electron chi connectivity index (χ1n) is 10.4. The van der Waals surface area contributed by atoms with E-state index in [9.17, 15) is 19.5 Å². The second-order valence-electron chi connectivity index (χ2n) is 8.37. The summed E-state index contributed by atoms with van der Waals surface area (Å²) in [6.45, 7) is 0.853. The summed E-state index contributed by atoms with van der Waals surface area (Å²) in [6, 6.07) is 3.90. The highest BCUT2D eigenvalue weighted by atomic mass is 35.5. The Morgan fingerprint density at radius 3 is 2.81 bits per heavy atom. The highest BCUT2D eigenvalue weighted by Crippen LogP contribution is 2.44. The molecule has 0 saturated heterocycles. The smallest absolute Gasteiger partial charge is 0.355 e. The lowest BCUT2D eigenvalue weighted by Crippen LogP contribution is -2.53. The van der Waals surface area contributed by atoms with Crippen molar-refractivity contribution in [2.45, 2.75) is 44.7 Å². The van der Waals surface area contributed by atoms with Crippen LogP contribution in [0.25, 0.3) is 11.0 Å². The van der Waals surface area contributed by atoms with E-state index < -0.39 is 24.2 Å². The lowest BCUT2D eigenvalue weighted by molar-refractivity contribution is -0.131. The standard InChI is InChI=1S/C22H25ClN2O6/c1-11-15-5-4-14(8-18(15)31-22(29)20(11)23)30-10-19(27)24-17(9-26)21(28)25-16-7-12-2-3-13(16)6-12/h4-5,8,12-13,16-17,26H,2-3,6-7,9-10H2,1H3,(H,24,27)(H,25,28)/t12?,13?,16?,17-/m0/s1. The summed E-state index contributed by atoms with van der Waals surface area (Å²) in [7, 11) is 0. The van der Waals surface area contributed by atoms with Crippen LogP contribution in [0.4, 0.5) is 0 Å². The Morgan fingerprint density at radius 2 is 2.13 bits per heavy atom. The Labute approximate surface area is 183 Å². The van der Waals surface area contributed by atoms with Crippen molar-refractivity contribution < 1.29 is 23.8 Å². The first-order valence-corrected chi connectivity index (χ1v) is 10.8. The number of aliphatic hydroxyl groups is 1. The molecule has 3 unspecified atom stereocenters. The average Bonchev–Trinajstić information content (AvgIpc) is 3.37. The fraction of sp³-hybridized carbons (Fsp3) is 0.500. The van der Waals surface area contributed by atoms with Gasteiger partial charge in [0.25, 0.3) is 5.91 Å². The van der Waals surface area contributed by atoms with Gasteiger partial charge in [-0.05, 0) is 55.7 Å². The van der Waals surface area contributed by atoms with Crippen molar-refractivity contribution in [1.82, 2.24) is 10.6 Å². The second-order valence-corrected chi connectivity index (χ2v) is 8.75. The van der Waals surface area contributed by atoms with Gasteiger partial charge in [-0.3, -0.25) is 9.59 Å². The molecule has 1 aromatic heterocycles. The first kappa shape index (κ1) is 21.6. The van der Waals surface area contributed by atoms with Crippen LogP contribution in [0.3, 0.4) is 0 Å². The second kappa shape index (κ2) is 8.88. The van der Waals surface area contributed by atoms with Crippen LogP contribution in [0.1, 0.15) is 31.2 Å². The molecular weight excluding hydrogens is 424 g/mol. The number of benzene rings is 1. The van der Waals surface area contributed by atoms with Gasteiger partial charge >= 0.3 is 5.63 Å². The van der Waals surface area contributed by atoms with E-state index in [2.05, 4.69) is 10.6 Å². The molecule has 9 heteroatoms. The van der Waals surface area contributed by atoms with Crippen LogP contribution in [0, 0.1) is 18.8 Å². The summed E-state index contributed by atoms with van der Waals surface area (Å²) >= 11 is 5.92. The van der Waals surface area contributed by atoms with Gasteiger partial charge in [-0.15, -0.1) is 0 Å². The normalized spacial score (nSPS) is 23.0. The minimum atomic E-state index is -1.03. The zero-order valence-corrected chi connectivity index (χ0v) is 17.9. The van der Waals surface area contributed by atoms with Crippen molar-refractivity contribution in [2.75, 3.05) is 13.2 Å². The maximum absolute atomic E-state index is 12.5. The van der Waals surface area contributed by atoms with Crippen molar-refractivity contribution in [3.05, 3.63) is 39.2 Å². The zero-order valence-electron chi connectivity index (χ0n) is 17.2. The molecule has 1 heterocycles. The number of hydrogen-bond acceptors (Lipinski definition) is 6. The molecule has 31 heavy (non-hydrogen) atoms. The maximum Gasteiger partial charge on any atom is 0.355 e. The molecule has 0 aliphatic heterocycles. The Balaban J connectivity index is 1.33. The fourth-order valence-corrected chi connectivity index (χ4v) is 4.83. The molecule has 0 radical (unpaired) electrons. The largest absolute Gasteiger partial charge is 0.484 e. The molecule has 4 rings (SSSR count). The van der Waals surface area contributed by atoms with Crippen LogP contribution in [-0.2, 0) is 9.59 Å². The summed E-state index contributed by atoms with van der Waals surface area (Å²) in [6.07, 6.45) is 4.46. The van der Waals surface area contributed by atoms with Crippen molar-refractivity contribution >= 4 is 34.4 Å². The van der Waals surface area contributed by atoms with Gasteiger partial charge < -0.3 is 24.9 Å². The first-order chi connectivity index (χ1) is 14.9. The highest BCUT2D eigenvalue weighted by Gasteiger charge is 2.40. The van der Waals surface area contributed by atoms with Gasteiger partial charge in [-0.25, -0.2) is 4.79 Å². The lowest BCUT2D eigenvalue weighted by Gasteiger charge is -2.25. The van der Waals surface area contributed by atoms with Gasteiger partial charge in [0.2, 0.25) is 5.91 Å². The molecule has 3 N–H and O–H groups in total. The number of hydrogen-bond donors (Lipinski definition) is 3. The van der Waals surface area contributed by atoms with Crippen molar-refractivity contribution in [1.29, 1.82) is 0 Å². The Kier molecular flexibility index (Phi) is 6.20. The SMILES string of the molecule is Cc1c(Cl)c(=O)oc2cc(OCC(=O)N[C@@H](CO)C(=O)NC3CC4CCC3C4)ccc12. The van der Waals surface area contributed by atoms with Crippen molar-refractivity contribution in [3.63, 3.8) is 0 Å². The summed E-state index contributed by atoms with van der Waals surface area (Å²) < 4.78 is 10.6. The van der Waals surface area contributed by atoms with Gasteiger partial charge in [0, 0.05) is 17.5 Å². The number of halogens is 1. The van der Waals surface area contributed by atoms with Crippen LogP contribution in [0.15, 0.2) is 27.4 Å².